The minimum absolute atomic E-state index is 0.141. The zero-order valence-electron chi connectivity index (χ0n) is 14.0. The maximum atomic E-state index is 12.4. The van der Waals surface area contributed by atoms with Crippen molar-refractivity contribution in [2.24, 2.45) is 0 Å². The molecule has 2 aromatic rings. The fourth-order valence-corrected chi connectivity index (χ4v) is 3.54. The molecule has 1 aliphatic rings. The van der Waals surface area contributed by atoms with Crippen molar-refractivity contribution >= 4 is 34.0 Å². The Labute approximate surface area is 149 Å². The maximum Gasteiger partial charge on any atom is 0.255 e. The molecular weight excluding hydrogens is 336 g/mol. The molecule has 1 aliphatic heterocycles. The van der Waals surface area contributed by atoms with E-state index in [0.29, 0.717) is 23.4 Å². The van der Waals surface area contributed by atoms with Gasteiger partial charge in [0.15, 0.2) is 0 Å². The first-order chi connectivity index (χ1) is 12.0. The lowest BCUT2D eigenvalue weighted by atomic mass is 10.1. The summed E-state index contributed by atoms with van der Waals surface area (Å²) in [4.78, 5) is 25.9. The smallest absolute Gasteiger partial charge is 0.255 e. The van der Waals surface area contributed by atoms with E-state index in [-0.39, 0.29) is 11.8 Å². The largest absolute Gasteiger partial charge is 0.322 e. The molecule has 1 heterocycles. The van der Waals surface area contributed by atoms with Crippen molar-refractivity contribution in [3.8, 4) is 0 Å². The molecule has 1 N–H and O–H groups in total. The van der Waals surface area contributed by atoms with Gasteiger partial charge in [-0.05, 0) is 48.4 Å². The van der Waals surface area contributed by atoms with Gasteiger partial charge in [-0.15, -0.1) is 0 Å². The first kappa shape index (κ1) is 17.4. The highest BCUT2D eigenvalue weighted by Crippen LogP contribution is 2.23. The Balaban J connectivity index is 1.68. The molecule has 0 saturated carbocycles. The molecule has 25 heavy (non-hydrogen) atoms. The minimum Gasteiger partial charge on any atom is -0.322 e. The number of rotatable bonds is 5. The highest BCUT2D eigenvalue weighted by molar-refractivity contribution is 7.83. The van der Waals surface area contributed by atoms with Crippen LogP contribution in [0.3, 0.4) is 0 Å². The lowest BCUT2D eigenvalue weighted by Gasteiger charge is -2.16. The van der Waals surface area contributed by atoms with E-state index < -0.39 is 10.8 Å². The summed E-state index contributed by atoms with van der Waals surface area (Å²) in [6.07, 6.45) is 3.12. The third-order valence-electron chi connectivity index (χ3n) is 4.07. The van der Waals surface area contributed by atoms with Gasteiger partial charge in [-0.1, -0.05) is 12.1 Å². The average molecular weight is 356 g/mol. The van der Waals surface area contributed by atoms with Gasteiger partial charge in [0.1, 0.15) is 0 Å². The van der Waals surface area contributed by atoms with Gasteiger partial charge in [0, 0.05) is 52.7 Å². The highest BCUT2D eigenvalue weighted by Gasteiger charge is 2.21. The maximum absolute atomic E-state index is 12.4. The number of amides is 2. The van der Waals surface area contributed by atoms with Crippen LogP contribution in [0.15, 0.2) is 48.5 Å². The monoisotopic (exact) mass is 356 g/mol. The lowest BCUT2D eigenvalue weighted by Crippen LogP contribution is -2.23. The molecule has 2 aromatic carbocycles. The fraction of sp³-hybridized carbons (Fsp3) is 0.263. The molecule has 1 atom stereocenters. The molecule has 1 fully saturated rings. The van der Waals surface area contributed by atoms with E-state index in [1.807, 2.05) is 18.2 Å². The molecule has 1 saturated heterocycles. The summed E-state index contributed by atoms with van der Waals surface area (Å²) in [5.41, 5.74) is 2.93. The van der Waals surface area contributed by atoms with Gasteiger partial charge in [0.2, 0.25) is 5.91 Å². The van der Waals surface area contributed by atoms with Gasteiger partial charge < -0.3 is 10.2 Å². The zero-order valence-corrected chi connectivity index (χ0v) is 14.8. The Morgan fingerprint density at radius 2 is 1.96 bits per heavy atom. The van der Waals surface area contributed by atoms with Crippen molar-refractivity contribution in [2.75, 3.05) is 23.0 Å². The van der Waals surface area contributed by atoms with Gasteiger partial charge in [0.05, 0.1) is 0 Å². The fourth-order valence-electron chi connectivity index (χ4n) is 2.89. The van der Waals surface area contributed by atoms with E-state index >= 15 is 0 Å². The Bertz CT molecular complexity index is 818. The van der Waals surface area contributed by atoms with E-state index in [0.717, 1.165) is 24.2 Å². The number of anilines is 2. The number of hydrogen-bond acceptors (Lipinski definition) is 3. The second kappa shape index (κ2) is 7.61. The van der Waals surface area contributed by atoms with Crippen molar-refractivity contribution in [1.29, 1.82) is 0 Å². The molecule has 0 bridgehead atoms. The Hall–Kier alpha value is -2.47. The van der Waals surface area contributed by atoms with Crippen LogP contribution >= 0.6 is 0 Å². The van der Waals surface area contributed by atoms with E-state index in [1.165, 1.54) is 0 Å². The minimum atomic E-state index is -0.947. The predicted molar refractivity (Wildman–Crippen MR) is 100 cm³/mol. The van der Waals surface area contributed by atoms with Gasteiger partial charge in [-0.25, -0.2) is 0 Å². The molecular formula is C19H20N2O3S. The van der Waals surface area contributed by atoms with Crippen molar-refractivity contribution < 1.29 is 13.8 Å². The van der Waals surface area contributed by atoms with E-state index in [9.17, 15) is 13.8 Å². The number of carbonyl (C=O) groups excluding carboxylic acids is 2. The molecule has 0 unspecified atom stereocenters. The summed E-state index contributed by atoms with van der Waals surface area (Å²) in [5, 5.41) is 2.85. The molecule has 3 rings (SSSR count). The molecule has 0 aromatic heterocycles. The summed E-state index contributed by atoms with van der Waals surface area (Å²) in [6, 6.07) is 14.4. The van der Waals surface area contributed by atoms with Crippen LogP contribution in [0.2, 0.25) is 0 Å². The second-order valence-electron chi connectivity index (χ2n) is 6.07. The first-order valence-corrected chi connectivity index (χ1v) is 9.86. The molecule has 6 heteroatoms. The van der Waals surface area contributed by atoms with Gasteiger partial charge in [-0.2, -0.15) is 0 Å². The van der Waals surface area contributed by atoms with E-state index in [2.05, 4.69) is 5.32 Å². The van der Waals surface area contributed by atoms with Crippen LogP contribution in [0, 0.1) is 0 Å². The topological polar surface area (TPSA) is 66.5 Å². The average Bonchev–Trinajstić information content (AvgIpc) is 3.01. The molecule has 0 aliphatic carbocycles. The SMILES string of the molecule is C[S@@](=O)Cc1cccc(C(=O)Nc2ccc(N3CCCC3=O)cc2)c1. The quantitative estimate of drug-likeness (QED) is 0.896. The number of carbonyl (C=O) groups is 2. The lowest BCUT2D eigenvalue weighted by molar-refractivity contribution is -0.117. The third-order valence-corrected chi connectivity index (χ3v) is 4.81. The van der Waals surface area contributed by atoms with E-state index in [4.69, 9.17) is 0 Å². The molecule has 0 spiro atoms. The molecule has 2 amide bonds. The van der Waals surface area contributed by atoms with Crippen LogP contribution in [0.5, 0.6) is 0 Å². The van der Waals surface area contributed by atoms with Crippen molar-refractivity contribution in [1.82, 2.24) is 0 Å². The Morgan fingerprint density at radius 3 is 2.60 bits per heavy atom. The molecule has 0 radical (unpaired) electrons. The standard InChI is InChI=1S/C19H20N2O3S/c1-25(24)13-14-4-2-5-15(12-14)19(23)20-16-7-9-17(10-8-16)21-11-3-6-18(21)22/h2,4-5,7-10,12H,3,6,11,13H2,1H3,(H,20,23)/t25-/m1/s1. The van der Waals surface area contributed by atoms with Crippen LogP contribution in [0.4, 0.5) is 11.4 Å². The molecule has 130 valence electrons. The van der Waals surface area contributed by atoms with Crippen LogP contribution < -0.4 is 10.2 Å². The summed E-state index contributed by atoms with van der Waals surface area (Å²) >= 11 is 0. The second-order valence-corrected chi connectivity index (χ2v) is 7.50. The van der Waals surface area contributed by atoms with Crippen LogP contribution in [-0.2, 0) is 21.3 Å². The normalized spacial score (nSPS) is 15.2. The summed E-state index contributed by atoms with van der Waals surface area (Å²) in [6.45, 7) is 0.746. The highest BCUT2D eigenvalue weighted by atomic mass is 32.2. The van der Waals surface area contributed by atoms with Gasteiger partial charge >= 0.3 is 0 Å². The number of nitrogens with zero attached hydrogens (tertiary/aromatic N) is 1. The van der Waals surface area contributed by atoms with Crippen molar-refractivity contribution in [3.63, 3.8) is 0 Å². The summed E-state index contributed by atoms with van der Waals surface area (Å²) < 4.78 is 11.3. The Morgan fingerprint density at radius 1 is 1.20 bits per heavy atom. The Kier molecular flexibility index (Phi) is 5.28. The number of benzene rings is 2. The van der Waals surface area contributed by atoms with Gasteiger partial charge in [-0.3, -0.25) is 13.8 Å². The first-order valence-electron chi connectivity index (χ1n) is 8.14. The number of nitrogens with one attached hydrogen (secondary N) is 1. The van der Waals surface area contributed by atoms with Crippen molar-refractivity contribution in [2.45, 2.75) is 18.6 Å². The van der Waals surface area contributed by atoms with Crippen LogP contribution in [0.25, 0.3) is 0 Å². The van der Waals surface area contributed by atoms with Gasteiger partial charge in [0.25, 0.3) is 5.91 Å². The summed E-state index contributed by atoms with van der Waals surface area (Å²) in [7, 11) is -0.947. The zero-order chi connectivity index (χ0) is 17.8. The predicted octanol–water partition coefficient (Wildman–Crippen LogP) is 2.94. The summed E-state index contributed by atoms with van der Waals surface area (Å²) in [5.74, 6) is 0.357. The number of hydrogen-bond donors (Lipinski definition) is 1. The van der Waals surface area contributed by atoms with E-state index in [1.54, 1.807) is 41.5 Å². The third kappa shape index (κ3) is 4.33. The van der Waals surface area contributed by atoms with Crippen LogP contribution in [-0.4, -0.2) is 28.8 Å². The molecule has 5 nitrogen and oxygen atoms in total. The van der Waals surface area contributed by atoms with Crippen LogP contribution in [0.1, 0.15) is 28.8 Å². The van der Waals surface area contributed by atoms with Crippen molar-refractivity contribution in [3.05, 3.63) is 59.7 Å².